The first kappa shape index (κ1) is 12.3. The van der Waals surface area contributed by atoms with Crippen LogP contribution in [0, 0.1) is 0 Å². The molecule has 0 aromatic carbocycles. The van der Waals surface area contributed by atoms with E-state index in [1.807, 2.05) is 0 Å². The Labute approximate surface area is 86.2 Å². The minimum atomic E-state index is -1.27. The molecule has 0 saturated carbocycles. The Bertz CT molecular complexity index is 219. The molecule has 1 saturated heterocycles. The lowest BCUT2D eigenvalue weighted by Gasteiger charge is -2.14. The van der Waals surface area contributed by atoms with Gasteiger partial charge in [0.2, 0.25) is 0 Å². The lowest BCUT2D eigenvalue weighted by atomic mass is 10.1. The minimum Gasteiger partial charge on any atom is -0.439 e. The molecule has 0 aromatic heterocycles. The second-order valence-corrected chi connectivity index (χ2v) is 3.13. The predicted octanol–water partition coefficient (Wildman–Crippen LogP) is -2.04. The van der Waals surface area contributed by atoms with E-state index in [1.54, 1.807) is 0 Å². The highest BCUT2D eigenvalue weighted by molar-refractivity contribution is 5.65. The maximum Gasteiger partial charge on any atom is 0.304 e. The van der Waals surface area contributed by atoms with Crippen LogP contribution < -0.4 is 0 Å². The molecule has 0 amide bonds. The molecule has 1 aliphatic rings. The van der Waals surface area contributed by atoms with Crippen molar-refractivity contribution >= 4 is 5.97 Å². The van der Waals surface area contributed by atoms with E-state index in [9.17, 15) is 15.0 Å². The fourth-order valence-electron chi connectivity index (χ4n) is 1.19. The molecule has 1 heterocycles. The van der Waals surface area contributed by atoms with Crippen LogP contribution in [0.15, 0.2) is 0 Å². The van der Waals surface area contributed by atoms with E-state index in [4.69, 9.17) is 14.6 Å². The standard InChI is InChI=1S/C8H14O7/c1-4(10)13-3-14-8-7(12)6(11)5(2-9)15-8/h5-9,11-12H,2-3H2,1H3/t5-,6-,7-,8-/m1/s1. The summed E-state index contributed by atoms with van der Waals surface area (Å²) < 4.78 is 14.3. The molecule has 0 unspecified atom stereocenters. The van der Waals surface area contributed by atoms with Gasteiger partial charge in [-0.2, -0.15) is 0 Å². The SMILES string of the molecule is CC(=O)OCO[C@@H]1O[C@H](CO)[C@@H](O)[C@H]1O. The molecule has 88 valence electrons. The third-order valence-electron chi connectivity index (χ3n) is 1.99. The van der Waals surface area contributed by atoms with Gasteiger partial charge in [0, 0.05) is 6.92 Å². The van der Waals surface area contributed by atoms with Crippen LogP contribution >= 0.6 is 0 Å². The normalized spacial score (nSPS) is 35.5. The van der Waals surface area contributed by atoms with Crippen molar-refractivity contribution in [1.82, 2.24) is 0 Å². The van der Waals surface area contributed by atoms with Gasteiger partial charge < -0.3 is 29.5 Å². The van der Waals surface area contributed by atoms with Crippen LogP contribution in [-0.2, 0) is 19.0 Å². The summed E-state index contributed by atoms with van der Waals surface area (Å²) in [6.07, 6.45) is -4.46. The van der Waals surface area contributed by atoms with Crippen molar-refractivity contribution in [2.24, 2.45) is 0 Å². The largest absolute Gasteiger partial charge is 0.439 e. The van der Waals surface area contributed by atoms with Crippen LogP contribution in [-0.4, -0.2) is 59.3 Å². The summed E-state index contributed by atoms with van der Waals surface area (Å²) in [6, 6.07) is 0. The van der Waals surface area contributed by atoms with Gasteiger partial charge in [-0.15, -0.1) is 0 Å². The molecule has 0 aromatic rings. The van der Waals surface area contributed by atoms with Gasteiger partial charge >= 0.3 is 5.97 Å². The minimum absolute atomic E-state index is 0.373. The van der Waals surface area contributed by atoms with Gasteiger partial charge in [-0.1, -0.05) is 0 Å². The van der Waals surface area contributed by atoms with Crippen molar-refractivity contribution in [3.63, 3.8) is 0 Å². The van der Waals surface area contributed by atoms with E-state index in [0.717, 1.165) is 0 Å². The van der Waals surface area contributed by atoms with Crippen molar-refractivity contribution in [3.05, 3.63) is 0 Å². The van der Waals surface area contributed by atoms with E-state index >= 15 is 0 Å². The summed E-state index contributed by atoms with van der Waals surface area (Å²) in [6.45, 7) is 0.411. The zero-order chi connectivity index (χ0) is 11.4. The van der Waals surface area contributed by atoms with Crippen molar-refractivity contribution < 1.29 is 34.3 Å². The molecule has 3 N–H and O–H groups in total. The number of esters is 1. The lowest BCUT2D eigenvalue weighted by Crippen LogP contribution is -2.34. The third-order valence-corrected chi connectivity index (χ3v) is 1.99. The third kappa shape index (κ3) is 3.11. The van der Waals surface area contributed by atoms with E-state index < -0.39 is 37.2 Å². The first-order chi connectivity index (χ1) is 7.06. The van der Waals surface area contributed by atoms with Gasteiger partial charge in [0.25, 0.3) is 0 Å². The summed E-state index contributed by atoms with van der Waals surface area (Å²) >= 11 is 0. The molecule has 7 heteroatoms. The Morgan fingerprint density at radius 1 is 1.40 bits per heavy atom. The Morgan fingerprint density at radius 3 is 2.53 bits per heavy atom. The average molecular weight is 222 g/mol. The van der Waals surface area contributed by atoms with Crippen molar-refractivity contribution in [3.8, 4) is 0 Å². The van der Waals surface area contributed by atoms with Crippen LogP contribution in [0.2, 0.25) is 0 Å². The highest BCUT2D eigenvalue weighted by Gasteiger charge is 2.43. The predicted molar refractivity (Wildman–Crippen MR) is 45.5 cm³/mol. The zero-order valence-electron chi connectivity index (χ0n) is 8.20. The Kier molecular flexibility index (Phi) is 4.43. The number of rotatable bonds is 4. The number of carbonyl (C=O) groups is 1. The molecule has 1 aliphatic heterocycles. The molecule has 0 spiro atoms. The van der Waals surface area contributed by atoms with Crippen LogP contribution in [0.25, 0.3) is 0 Å². The number of hydrogen-bond donors (Lipinski definition) is 3. The van der Waals surface area contributed by atoms with Crippen molar-refractivity contribution in [1.29, 1.82) is 0 Å². The van der Waals surface area contributed by atoms with Crippen LogP contribution in [0.4, 0.5) is 0 Å². The maximum absolute atomic E-state index is 10.4. The summed E-state index contributed by atoms with van der Waals surface area (Å²) in [5, 5.41) is 27.4. The summed E-state index contributed by atoms with van der Waals surface area (Å²) in [7, 11) is 0. The Balaban J connectivity index is 2.34. The molecule has 0 bridgehead atoms. The van der Waals surface area contributed by atoms with Gasteiger partial charge in [0.05, 0.1) is 6.61 Å². The molecule has 1 rings (SSSR count). The van der Waals surface area contributed by atoms with Crippen LogP contribution in [0.1, 0.15) is 6.92 Å². The summed E-state index contributed by atoms with van der Waals surface area (Å²) in [5.41, 5.74) is 0. The fourth-order valence-corrected chi connectivity index (χ4v) is 1.19. The molecule has 4 atom stereocenters. The zero-order valence-corrected chi connectivity index (χ0v) is 8.20. The van der Waals surface area contributed by atoms with E-state index in [1.165, 1.54) is 6.92 Å². The topological polar surface area (TPSA) is 105 Å². The lowest BCUT2D eigenvalue weighted by molar-refractivity contribution is -0.213. The molecular formula is C8H14O7. The monoisotopic (exact) mass is 222 g/mol. The van der Waals surface area contributed by atoms with Gasteiger partial charge in [-0.25, -0.2) is 0 Å². The molecule has 15 heavy (non-hydrogen) atoms. The molecular weight excluding hydrogens is 208 g/mol. The highest BCUT2D eigenvalue weighted by atomic mass is 16.8. The number of aliphatic hydroxyl groups is 3. The van der Waals surface area contributed by atoms with E-state index in [0.29, 0.717) is 0 Å². The first-order valence-electron chi connectivity index (χ1n) is 4.43. The Morgan fingerprint density at radius 2 is 2.07 bits per heavy atom. The number of ether oxygens (including phenoxy) is 3. The first-order valence-corrected chi connectivity index (χ1v) is 4.43. The fraction of sp³-hybridized carbons (Fsp3) is 0.875. The average Bonchev–Trinajstić information content (AvgIpc) is 2.45. The van der Waals surface area contributed by atoms with Gasteiger partial charge in [-0.3, -0.25) is 4.79 Å². The molecule has 7 nitrogen and oxygen atoms in total. The summed E-state index contributed by atoms with van der Waals surface area (Å²) in [5.74, 6) is -0.526. The molecule has 1 fully saturated rings. The van der Waals surface area contributed by atoms with Crippen LogP contribution in [0.5, 0.6) is 0 Å². The second-order valence-electron chi connectivity index (χ2n) is 3.13. The van der Waals surface area contributed by atoms with Crippen molar-refractivity contribution in [2.45, 2.75) is 31.5 Å². The van der Waals surface area contributed by atoms with E-state index in [-0.39, 0.29) is 6.79 Å². The number of aliphatic hydroxyl groups excluding tert-OH is 3. The van der Waals surface area contributed by atoms with Gasteiger partial charge in [0.1, 0.15) is 18.3 Å². The van der Waals surface area contributed by atoms with Crippen LogP contribution in [0.3, 0.4) is 0 Å². The Hall–Kier alpha value is -0.730. The highest BCUT2D eigenvalue weighted by Crippen LogP contribution is 2.21. The van der Waals surface area contributed by atoms with E-state index in [2.05, 4.69) is 4.74 Å². The van der Waals surface area contributed by atoms with Gasteiger partial charge in [-0.05, 0) is 0 Å². The molecule has 0 radical (unpaired) electrons. The van der Waals surface area contributed by atoms with Gasteiger partial charge in [0.15, 0.2) is 13.1 Å². The maximum atomic E-state index is 10.4. The molecule has 0 aliphatic carbocycles. The number of hydrogen-bond acceptors (Lipinski definition) is 7. The van der Waals surface area contributed by atoms with Crippen molar-refractivity contribution in [2.75, 3.05) is 13.4 Å². The number of carbonyl (C=O) groups excluding carboxylic acids is 1. The quantitative estimate of drug-likeness (QED) is 0.372. The summed E-state index contributed by atoms with van der Waals surface area (Å²) in [4.78, 5) is 10.4. The second kappa shape index (κ2) is 5.38. The smallest absolute Gasteiger partial charge is 0.304 e.